The van der Waals surface area contributed by atoms with Crippen LogP contribution in [0.4, 0.5) is 0 Å². The van der Waals surface area contributed by atoms with Gasteiger partial charge in [-0.15, -0.1) is 0 Å². The van der Waals surface area contributed by atoms with Crippen LogP contribution in [0.15, 0.2) is 54.6 Å². The molecule has 3 rings (SSSR count). The van der Waals surface area contributed by atoms with Crippen LogP contribution in [-0.2, 0) is 0 Å². The molecule has 0 radical (unpaired) electrons. The average Bonchev–Trinajstić information content (AvgIpc) is 2.82. The number of fused-ring (bicyclic) bond motifs is 1. The highest BCUT2D eigenvalue weighted by molar-refractivity contribution is 6.22. The van der Waals surface area contributed by atoms with Crippen LogP contribution in [0.3, 0.4) is 0 Å². The molecule has 110 valence electrons. The number of nitrogens with zero attached hydrogens (tertiary/aromatic N) is 2. The molecule has 1 aliphatic heterocycles. The van der Waals surface area contributed by atoms with Crippen LogP contribution in [0, 0.1) is 0 Å². The number of hydrogen-bond donors (Lipinski definition) is 0. The van der Waals surface area contributed by atoms with Crippen LogP contribution in [0.5, 0.6) is 0 Å². The number of hydrogen-bond acceptors (Lipinski definition) is 3. The fourth-order valence-corrected chi connectivity index (χ4v) is 2.50. The van der Waals surface area contributed by atoms with Gasteiger partial charge >= 0.3 is 0 Å². The van der Waals surface area contributed by atoms with Crippen molar-refractivity contribution in [2.75, 3.05) is 6.54 Å². The summed E-state index contributed by atoms with van der Waals surface area (Å²) in [7, 11) is 0. The second kappa shape index (κ2) is 5.44. The Hall–Kier alpha value is -2.95. The number of hydrazine groups is 1. The van der Waals surface area contributed by atoms with E-state index in [0.29, 0.717) is 16.7 Å². The Morgan fingerprint density at radius 3 is 1.91 bits per heavy atom. The minimum atomic E-state index is -0.466. The lowest BCUT2D eigenvalue weighted by Gasteiger charge is -2.28. The van der Waals surface area contributed by atoms with Gasteiger partial charge in [0.2, 0.25) is 0 Å². The van der Waals surface area contributed by atoms with Gasteiger partial charge in [0.05, 0.1) is 11.1 Å². The predicted molar refractivity (Wildman–Crippen MR) is 80.1 cm³/mol. The fraction of sp³-hybridized carbons (Fsp3) is 0.118. The molecule has 0 saturated carbocycles. The zero-order valence-corrected chi connectivity index (χ0v) is 12.0. The third kappa shape index (κ3) is 2.07. The van der Waals surface area contributed by atoms with Gasteiger partial charge in [-0.25, -0.2) is 5.01 Å². The highest BCUT2D eigenvalue weighted by Gasteiger charge is 2.40. The quantitative estimate of drug-likeness (QED) is 0.817. The van der Waals surface area contributed by atoms with Crippen molar-refractivity contribution in [2.24, 2.45) is 0 Å². The topological polar surface area (TPSA) is 57.7 Å². The maximum atomic E-state index is 12.6. The Labute approximate surface area is 127 Å². The van der Waals surface area contributed by atoms with Gasteiger partial charge in [-0.2, -0.15) is 5.01 Å². The molecule has 0 unspecified atom stereocenters. The van der Waals surface area contributed by atoms with E-state index in [2.05, 4.69) is 0 Å². The van der Waals surface area contributed by atoms with Crippen molar-refractivity contribution >= 4 is 17.7 Å². The van der Waals surface area contributed by atoms with E-state index in [1.165, 1.54) is 5.01 Å². The van der Waals surface area contributed by atoms with E-state index in [1.54, 1.807) is 61.5 Å². The number of carbonyl (C=O) groups excluding carboxylic acids is 3. The molecular weight excluding hydrogens is 280 g/mol. The molecule has 2 aromatic rings. The standard InChI is InChI=1S/C17H14N2O3/c1-2-18(15(20)12-8-4-3-5-9-12)19-16(21)13-10-6-7-11-14(13)17(19)22/h3-11H,2H2,1H3. The predicted octanol–water partition coefficient (Wildman–Crippen LogP) is 2.36. The maximum absolute atomic E-state index is 12.6. The van der Waals surface area contributed by atoms with Crippen molar-refractivity contribution in [2.45, 2.75) is 6.92 Å². The minimum absolute atomic E-state index is 0.221. The van der Waals surface area contributed by atoms with Crippen LogP contribution in [-0.4, -0.2) is 34.3 Å². The van der Waals surface area contributed by atoms with Crippen molar-refractivity contribution in [3.8, 4) is 0 Å². The molecule has 5 heteroatoms. The third-order valence-electron chi connectivity index (χ3n) is 3.57. The summed E-state index contributed by atoms with van der Waals surface area (Å²) >= 11 is 0. The van der Waals surface area contributed by atoms with Crippen molar-refractivity contribution in [1.82, 2.24) is 10.0 Å². The normalized spacial score (nSPS) is 13.2. The molecule has 0 atom stereocenters. The SMILES string of the molecule is CCN(C(=O)c1ccccc1)N1C(=O)c2ccccc2C1=O. The number of amides is 3. The molecule has 0 aromatic heterocycles. The zero-order chi connectivity index (χ0) is 15.7. The fourth-order valence-electron chi connectivity index (χ4n) is 2.50. The Kier molecular flexibility index (Phi) is 3.47. The summed E-state index contributed by atoms with van der Waals surface area (Å²) < 4.78 is 0. The maximum Gasteiger partial charge on any atom is 0.280 e. The van der Waals surface area contributed by atoms with E-state index in [-0.39, 0.29) is 12.5 Å². The van der Waals surface area contributed by atoms with Gasteiger partial charge in [0.25, 0.3) is 17.7 Å². The van der Waals surface area contributed by atoms with E-state index >= 15 is 0 Å². The minimum Gasteiger partial charge on any atom is -0.267 e. The second-order valence-corrected chi connectivity index (χ2v) is 4.85. The third-order valence-corrected chi connectivity index (χ3v) is 3.57. The largest absolute Gasteiger partial charge is 0.280 e. The lowest BCUT2D eigenvalue weighted by Crippen LogP contribution is -2.49. The van der Waals surface area contributed by atoms with Gasteiger partial charge in [0, 0.05) is 12.1 Å². The summed E-state index contributed by atoms with van der Waals surface area (Å²) in [5.74, 6) is -1.31. The molecule has 5 nitrogen and oxygen atoms in total. The van der Waals surface area contributed by atoms with Gasteiger partial charge in [0.1, 0.15) is 0 Å². The van der Waals surface area contributed by atoms with Crippen LogP contribution < -0.4 is 0 Å². The summed E-state index contributed by atoms with van der Waals surface area (Å²) in [5.41, 5.74) is 1.08. The van der Waals surface area contributed by atoms with Crippen LogP contribution >= 0.6 is 0 Å². The molecule has 0 spiro atoms. The van der Waals surface area contributed by atoms with Crippen molar-refractivity contribution < 1.29 is 14.4 Å². The first kappa shape index (κ1) is 14.0. The molecule has 1 heterocycles. The number of imide groups is 1. The lowest BCUT2D eigenvalue weighted by molar-refractivity contribution is 0.00562. The van der Waals surface area contributed by atoms with Gasteiger partial charge < -0.3 is 0 Å². The molecule has 0 aliphatic carbocycles. The zero-order valence-electron chi connectivity index (χ0n) is 12.0. The molecule has 22 heavy (non-hydrogen) atoms. The van der Waals surface area contributed by atoms with Crippen molar-refractivity contribution in [1.29, 1.82) is 0 Å². The van der Waals surface area contributed by atoms with Crippen LogP contribution in [0.25, 0.3) is 0 Å². The average molecular weight is 294 g/mol. The number of rotatable bonds is 3. The Bertz CT molecular complexity index is 721. The Morgan fingerprint density at radius 2 is 1.41 bits per heavy atom. The molecule has 1 aliphatic rings. The highest BCUT2D eigenvalue weighted by Crippen LogP contribution is 2.24. The second-order valence-electron chi connectivity index (χ2n) is 4.85. The van der Waals surface area contributed by atoms with E-state index in [1.807, 2.05) is 0 Å². The molecular formula is C17H14N2O3. The van der Waals surface area contributed by atoms with Gasteiger partial charge in [-0.3, -0.25) is 14.4 Å². The van der Waals surface area contributed by atoms with E-state index in [9.17, 15) is 14.4 Å². The van der Waals surface area contributed by atoms with E-state index in [4.69, 9.17) is 0 Å². The smallest absolute Gasteiger partial charge is 0.267 e. The summed E-state index contributed by atoms with van der Waals surface area (Å²) in [5, 5.41) is 2.11. The van der Waals surface area contributed by atoms with Crippen molar-refractivity contribution in [3.63, 3.8) is 0 Å². The molecule has 0 N–H and O–H groups in total. The monoisotopic (exact) mass is 294 g/mol. The van der Waals surface area contributed by atoms with Crippen LogP contribution in [0.1, 0.15) is 38.0 Å². The van der Waals surface area contributed by atoms with Crippen LogP contribution in [0.2, 0.25) is 0 Å². The molecule has 3 amide bonds. The van der Waals surface area contributed by atoms with Gasteiger partial charge in [0.15, 0.2) is 0 Å². The molecule has 0 saturated heterocycles. The molecule has 0 bridgehead atoms. The summed E-state index contributed by atoms with van der Waals surface area (Å²) in [6.07, 6.45) is 0. The molecule has 0 fully saturated rings. The first-order valence-electron chi connectivity index (χ1n) is 6.99. The summed E-state index contributed by atoms with van der Waals surface area (Å²) in [6.45, 7) is 1.95. The summed E-state index contributed by atoms with van der Waals surface area (Å²) in [4.78, 5) is 37.5. The van der Waals surface area contributed by atoms with E-state index in [0.717, 1.165) is 5.01 Å². The highest BCUT2D eigenvalue weighted by atomic mass is 16.2. The Balaban J connectivity index is 1.98. The van der Waals surface area contributed by atoms with Gasteiger partial charge in [-0.1, -0.05) is 30.3 Å². The number of carbonyl (C=O) groups is 3. The molecule has 2 aromatic carbocycles. The first-order valence-corrected chi connectivity index (χ1v) is 6.99. The summed E-state index contributed by atoms with van der Waals surface area (Å²) in [6, 6.07) is 15.2. The Morgan fingerprint density at radius 1 is 0.909 bits per heavy atom. The van der Waals surface area contributed by atoms with Crippen molar-refractivity contribution in [3.05, 3.63) is 71.3 Å². The lowest BCUT2D eigenvalue weighted by atomic mass is 10.1. The van der Waals surface area contributed by atoms with Gasteiger partial charge in [-0.05, 0) is 31.2 Å². The number of benzene rings is 2. The first-order chi connectivity index (χ1) is 10.6. The van der Waals surface area contributed by atoms with E-state index < -0.39 is 11.8 Å².